The predicted molar refractivity (Wildman–Crippen MR) is 59.3 cm³/mol. The van der Waals surface area contributed by atoms with Gasteiger partial charge in [0.05, 0.1) is 19.6 Å². The van der Waals surface area contributed by atoms with E-state index in [4.69, 9.17) is 9.47 Å². The summed E-state index contributed by atoms with van der Waals surface area (Å²) in [5.74, 6) is -2.14. The molecule has 2 rings (SSSR count). The number of benzene rings is 1. The van der Waals surface area contributed by atoms with E-state index in [-0.39, 0.29) is 22.5 Å². The Labute approximate surface area is 105 Å². The van der Waals surface area contributed by atoms with Gasteiger partial charge in [0.15, 0.2) is 11.5 Å². The molecule has 1 aromatic carbocycles. The Hall–Kier alpha value is -2.25. The van der Waals surface area contributed by atoms with Gasteiger partial charge >= 0.3 is 6.18 Å². The fraction of sp³-hybridized carbons (Fsp3) is 0.273. The molecule has 0 aliphatic rings. The monoisotopic (exact) mass is 274 g/mol. The molecule has 0 atom stereocenters. The molecule has 0 saturated carbocycles. The van der Waals surface area contributed by atoms with Gasteiger partial charge in [-0.2, -0.15) is 18.2 Å². The number of halogens is 3. The van der Waals surface area contributed by atoms with Crippen LogP contribution in [0.5, 0.6) is 17.4 Å². The lowest BCUT2D eigenvalue weighted by Gasteiger charge is -2.11. The van der Waals surface area contributed by atoms with Gasteiger partial charge in [0.1, 0.15) is 5.52 Å². The Bertz CT molecular complexity index is 629. The van der Waals surface area contributed by atoms with Crippen LogP contribution in [0.15, 0.2) is 12.1 Å². The summed E-state index contributed by atoms with van der Waals surface area (Å²) in [6.45, 7) is 0. The Morgan fingerprint density at radius 2 is 1.79 bits per heavy atom. The number of methoxy groups -OCH3 is 2. The topological polar surface area (TPSA) is 64.5 Å². The number of hydrogen-bond acceptors (Lipinski definition) is 5. The second kappa shape index (κ2) is 4.45. The highest BCUT2D eigenvalue weighted by molar-refractivity contribution is 5.90. The SMILES string of the molecule is COc1ccc2c(OC)nc(C(F)(F)F)nc2c1O. The van der Waals surface area contributed by atoms with E-state index in [0.29, 0.717) is 0 Å². The van der Waals surface area contributed by atoms with Crippen LogP contribution < -0.4 is 9.47 Å². The highest BCUT2D eigenvalue weighted by Gasteiger charge is 2.36. The first-order valence-corrected chi connectivity index (χ1v) is 5.07. The van der Waals surface area contributed by atoms with E-state index in [1.165, 1.54) is 26.4 Å². The van der Waals surface area contributed by atoms with Crippen LogP contribution in [0.2, 0.25) is 0 Å². The molecule has 5 nitrogen and oxygen atoms in total. The molecule has 0 aliphatic carbocycles. The van der Waals surface area contributed by atoms with Gasteiger partial charge in [-0.05, 0) is 12.1 Å². The zero-order valence-corrected chi connectivity index (χ0v) is 9.95. The maximum absolute atomic E-state index is 12.7. The number of aromatic hydroxyl groups is 1. The lowest BCUT2D eigenvalue weighted by Crippen LogP contribution is -2.12. The minimum Gasteiger partial charge on any atom is -0.503 e. The molecule has 0 bridgehead atoms. The first-order chi connectivity index (χ1) is 8.88. The van der Waals surface area contributed by atoms with Gasteiger partial charge < -0.3 is 14.6 Å². The summed E-state index contributed by atoms with van der Waals surface area (Å²) in [5.41, 5.74) is -0.279. The maximum Gasteiger partial charge on any atom is 0.451 e. The second-order valence-electron chi connectivity index (χ2n) is 3.57. The van der Waals surface area contributed by atoms with Crippen molar-refractivity contribution in [2.24, 2.45) is 0 Å². The number of phenols is 1. The van der Waals surface area contributed by atoms with Crippen LogP contribution in [-0.4, -0.2) is 29.3 Å². The van der Waals surface area contributed by atoms with E-state index in [0.717, 1.165) is 0 Å². The van der Waals surface area contributed by atoms with Crippen molar-refractivity contribution in [1.29, 1.82) is 0 Å². The van der Waals surface area contributed by atoms with E-state index in [1.807, 2.05) is 0 Å². The molecule has 0 unspecified atom stereocenters. The van der Waals surface area contributed by atoms with E-state index in [2.05, 4.69) is 9.97 Å². The summed E-state index contributed by atoms with van der Waals surface area (Å²) in [4.78, 5) is 6.59. The van der Waals surface area contributed by atoms with Crippen LogP contribution in [0, 0.1) is 0 Å². The third-order valence-corrected chi connectivity index (χ3v) is 2.44. The van der Waals surface area contributed by atoms with E-state index in [1.54, 1.807) is 0 Å². The highest BCUT2D eigenvalue weighted by Crippen LogP contribution is 2.38. The summed E-state index contributed by atoms with van der Waals surface area (Å²) in [7, 11) is 2.47. The Morgan fingerprint density at radius 3 is 2.32 bits per heavy atom. The normalized spacial score (nSPS) is 11.6. The van der Waals surface area contributed by atoms with E-state index >= 15 is 0 Å². The summed E-state index contributed by atoms with van der Waals surface area (Å²) in [6, 6.07) is 2.80. The van der Waals surface area contributed by atoms with Crippen LogP contribution in [0.4, 0.5) is 13.2 Å². The van der Waals surface area contributed by atoms with Crippen LogP contribution in [-0.2, 0) is 6.18 Å². The van der Waals surface area contributed by atoms with Crippen LogP contribution >= 0.6 is 0 Å². The molecular formula is C11H9F3N2O3. The van der Waals surface area contributed by atoms with Crippen LogP contribution in [0.25, 0.3) is 10.9 Å². The van der Waals surface area contributed by atoms with Gasteiger partial charge in [-0.3, -0.25) is 0 Å². The van der Waals surface area contributed by atoms with Crippen molar-refractivity contribution in [3.8, 4) is 17.4 Å². The smallest absolute Gasteiger partial charge is 0.451 e. The zero-order valence-electron chi connectivity index (χ0n) is 9.95. The average Bonchev–Trinajstić information content (AvgIpc) is 2.37. The minimum atomic E-state index is -4.74. The fourth-order valence-corrected chi connectivity index (χ4v) is 1.58. The molecule has 8 heteroatoms. The molecule has 0 radical (unpaired) electrons. The molecule has 0 amide bonds. The second-order valence-corrected chi connectivity index (χ2v) is 3.57. The highest BCUT2D eigenvalue weighted by atomic mass is 19.4. The van der Waals surface area contributed by atoms with Crippen molar-refractivity contribution in [2.45, 2.75) is 6.18 Å². The Balaban J connectivity index is 2.83. The molecule has 1 heterocycles. The van der Waals surface area contributed by atoms with Crippen LogP contribution in [0.1, 0.15) is 5.82 Å². The predicted octanol–water partition coefficient (Wildman–Crippen LogP) is 2.37. The fourth-order valence-electron chi connectivity index (χ4n) is 1.58. The molecule has 1 aromatic heterocycles. The van der Waals surface area contributed by atoms with Crippen molar-refractivity contribution >= 4 is 10.9 Å². The Kier molecular flexibility index (Phi) is 3.09. The molecule has 0 fully saturated rings. The molecule has 102 valence electrons. The van der Waals surface area contributed by atoms with Crippen molar-refractivity contribution in [1.82, 2.24) is 9.97 Å². The standard InChI is InChI=1S/C11H9F3N2O3/c1-18-6-4-3-5-7(8(6)17)15-10(11(12,13)14)16-9(5)19-2/h3-4,17H,1-2H3. The number of fused-ring (bicyclic) bond motifs is 1. The summed E-state index contributed by atoms with van der Waals surface area (Å²) in [5, 5.41) is 9.98. The molecule has 19 heavy (non-hydrogen) atoms. The minimum absolute atomic E-state index is 0.0152. The zero-order chi connectivity index (χ0) is 14.2. The van der Waals surface area contributed by atoms with Crippen molar-refractivity contribution in [2.75, 3.05) is 14.2 Å². The average molecular weight is 274 g/mol. The van der Waals surface area contributed by atoms with Gasteiger partial charge in [-0.25, -0.2) is 4.98 Å². The van der Waals surface area contributed by atoms with Gasteiger partial charge in [-0.1, -0.05) is 0 Å². The summed E-state index contributed by atoms with van der Waals surface area (Å²) in [6.07, 6.45) is -4.74. The third-order valence-electron chi connectivity index (χ3n) is 2.44. The van der Waals surface area contributed by atoms with E-state index < -0.39 is 17.8 Å². The van der Waals surface area contributed by atoms with Gasteiger partial charge in [0, 0.05) is 0 Å². The first kappa shape index (κ1) is 13.2. The van der Waals surface area contributed by atoms with Gasteiger partial charge in [0.2, 0.25) is 11.7 Å². The number of rotatable bonds is 2. The van der Waals surface area contributed by atoms with E-state index in [9.17, 15) is 18.3 Å². The lowest BCUT2D eigenvalue weighted by atomic mass is 10.2. The van der Waals surface area contributed by atoms with Crippen molar-refractivity contribution in [3.05, 3.63) is 18.0 Å². The molecule has 0 saturated heterocycles. The molecule has 0 aliphatic heterocycles. The van der Waals surface area contributed by atoms with Crippen molar-refractivity contribution < 1.29 is 27.8 Å². The number of hydrogen-bond donors (Lipinski definition) is 1. The maximum atomic E-state index is 12.7. The number of phenolic OH excluding ortho intramolecular Hbond substituents is 1. The molecule has 1 N–H and O–H groups in total. The number of nitrogens with zero attached hydrogens (tertiary/aromatic N) is 2. The number of alkyl halides is 3. The van der Waals surface area contributed by atoms with Crippen molar-refractivity contribution in [3.63, 3.8) is 0 Å². The number of aromatic nitrogens is 2. The quantitative estimate of drug-likeness (QED) is 0.910. The largest absolute Gasteiger partial charge is 0.503 e. The lowest BCUT2D eigenvalue weighted by molar-refractivity contribution is -0.144. The van der Waals surface area contributed by atoms with Gasteiger partial charge in [0.25, 0.3) is 0 Å². The van der Waals surface area contributed by atoms with Crippen LogP contribution in [0.3, 0.4) is 0 Å². The Morgan fingerprint density at radius 1 is 1.11 bits per heavy atom. The van der Waals surface area contributed by atoms with Gasteiger partial charge in [-0.15, -0.1) is 0 Å². The first-order valence-electron chi connectivity index (χ1n) is 5.07. The summed E-state index contributed by atoms with van der Waals surface area (Å²) >= 11 is 0. The molecule has 2 aromatic rings. The molecule has 0 spiro atoms. The molecular weight excluding hydrogens is 265 g/mol. The number of ether oxygens (including phenoxy) is 2. The summed E-state index contributed by atoms with van der Waals surface area (Å²) < 4.78 is 47.6. The third kappa shape index (κ3) is 2.20.